The number of amides is 1. The van der Waals surface area contributed by atoms with Crippen LogP contribution in [0.25, 0.3) is 0 Å². The lowest BCUT2D eigenvalue weighted by Gasteiger charge is -2.26. The first-order chi connectivity index (χ1) is 10.0. The fourth-order valence-corrected chi connectivity index (χ4v) is 3.11. The molecule has 1 amide bonds. The van der Waals surface area contributed by atoms with Crippen molar-refractivity contribution >= 4 is 28.2 Å². The Balaban J connectivity index is 2.30. The number of anilines is 1. The summed E-state index contributed by atoms with van der Waals surface area (Å²) < 4.78 is 11.3. The van der Waals surface area contributed by atoms with Gasteiger partial charge in [-0.05, 0) is 6.92 Å². The number of nitrogens with one attached hydrogen (secondary N) is 1. The van der Waals surface area contributed by atoms with E-state index < -0.39 is 21.6 Å². The van der Waals surface area contributed by atoms with E-state index >= 15 is 0 Å². The van der Waals surface area contributed by atoms with Gasteiger partial charge in [-0.15, -0.1) is 0 Å². The van der Waals surface area contributed by atoms with E-state index in [1.165, 1.54) is 11.0 Å². The van der Waals surface area contributed by atoms with Crippen LogP contribution in [0.15, 0.2) is 12.3 Å². The Kier molecular flexibility index (Phi) is 4.84. The van der Waals surface area contributed by atoms with Crippen molar-refractivity contribution in [1.29, 1.82) is 0 Å². The van der Waals surface area contributed by atoms with Crippen molar-refractivity contribution in [2.24, 2.45) is 0 Å². The number of carbonyl (C=O) groups is 1. The van der Waals surface area contributed by atoms with Gasteiger partial charge in [-0.1, -0.05) is 0 Å². The summed E-state index contributed by atoms with van der Waals surface area (Å²) in [4.78, 5) is 28.3. The van der Waals surface area contributed by atoms with Gasteiger partial charge in [-0.2, -0.15) is 0 Å². The Morgan fingerprint density at radius 2 is 2.19 bits per heavy atom. The summed E-state index contributed by atoms with van der Waals surface area (Å²) in [6, 6.07) is 1.40. The van der Waals surface area contributed by atoms with Crippen LogP contribution < -0.4 is 5.32 Å². The minimum absolute atomic E-state index is 0.0126. The van der Waals surface area contributed by atoms with Crippen molar-refractivity contribution in [3.63, 3.8) is 0 Å². The average Bonchev–Trinajstić information content (AvgIpc) is 2.47. The molecule has 1 N–H and O–H groups in total. The molecule has 2 heterocycles. The van der Waals surface area contributed by atoms with Gasteiger partial charge in [0.05, 0.1) is 4.92 Å². The number of pyridine rings is 1. The highest BCUT2D eigenvalue weighted by Gasteiger charge is 2.28. The highest BCUT2D eigenvalue weighted by molar-refractivity contribution is 7.85. The van der Waals surface area contributed by atoms with Crippen molar-refractivity contribution in [3.05, 3.63) is 27.9 Å². The lowest BCUT2D eigenvalue weighted by Crippen LogP contribution is -2.42. The largest absolute Gasteiger partial charge is 0.370 e. The van der Waals surface area contributed by atoms with Crippen LogP contribution >= 0.6 is 0 Å². The van der Waals surface area contributed by atoms with Crippen LogP contribution in [0.5, 0.6) is 0 Å². The Bertz CT molecular complexity index is 583. The second-order valence-corrected chi connectivity index (χ2v) is 6.21. The molecule has 0 bridgehead atoms. The first-order valence-corrected chi connectivity index (χ1v) is 8.04. The molecule has 1 aliphatic heterocycles. The summed E-state index contributed by atoms with van der Waals surface area (Å²) in [6.45, 7) is 3.16. The van der Waals surface area contributed by atoms with E-state index in [0.29, 0.717) is 37.0 Å². The molecule has 0 aromatic carbocycles. The van der Waals surface area contributed by atoms with Gasteiger partial charge >= 0.3 is 0 Å². The highest BCUT2D eigenvalue weighted by atomic mass is 32.2. The summed E-state index contributed by atoms with van der Waals surface area (Å²) >= 11 is 0. The zero-order chi connectivity index (χ0) is 15.4. The van der Waals surface area contributed by atoms with Gasteiger partial charge in [0.15, 0.2) is 0 Å². The quantitative estimate of drug-likeness (QED) is 0.645. The average molecular weight is 312 g/mol. The smallest absolute Gasteiger partial charge is 0.300 e. The molecule has 1 aromatic rings. The van der Waals surface area contributed by atoms with Crippen LogP contribution in [0, 0.1) is 10.1 Å². The standard InChI is InChI=1S/C12H16N4O4S/c1-2-13-11-7-9(10(8-14-11)16(18)19)12(17)15-3-5-21(20)6-4-15/h7-8H,2-6H2,1H3,(H,13,14). The Labute approximate surface area is 124 Å². The van der Waals surface area contributed by atoms with Crippen LogP contribution in [-0.2, 0) is 10.8 Å². The molecular weight excluding hydrogens is 296 g/mol. The third-order valence-electron chi connectivity index (χ3n) is 3.13. The summed E-state index contributed by atoms with van der Waals surface area (Å²) in [7, 11) is -0.908. The zero-order valence-electron chi connectivity index (χ0n) is 11.6. The molecule has 0 saturated carbocycles. The van der Waals surface area contributed by atoms with Crippen LogP contribution in [0.4, 0.5) is 11.5 Å². The van der Waals surface area contributed by atoms with Gasteiger partial charge in [-0.25, -0.2) is 4.98 Å². The Hall–Kier alpha value is -2.03. The van der Waals surface area contributed by atoms with Crippen molar-refractivity contribution in [1.82, 2.24) is 9.88 Å². The minimum atomic E-state index is -0.908. The molecule has 0 unspecified atom stereocenters. The van der Waals surface area contributed by atoms with Gasteiger partial charge in [0, 0.05) is 48.0 Å². The zero-order valence-corrected chi connectivity index (χ0v) is 12.4. The second-order valence-electron chi connectivity index (χ2n) is 4.51. The SMILES string of the molecule is CCNc1cc(C(=O)N2CCS(=O)CC2)c([N+](=O)[O-])cn1. The molecular formula is C12H16N4O4S. The molecule has 9 heteroatoms. The first-order valence-electron chi connectivity index (χ1n) is 6.55. The minimum Gasteiger partial charge on any atom is -0.370 e. The topological polar surface area (TPSA) is 105 Å². The third-order valence-corrected chi connectivity index (χ3v) is 4.41. The molecule has 1 saturated heterocycles. The highest BCUT2D eigenvalue weighted by Crippen LogP contribution is 2.22. The van der Waals surface area contributed by atoms with Crippen molar-refractivity contribution < 1.29 is 13.9 Å². The summed E-state index contributed by atoms with van der Waals surface area (Å²) in [6.07, 6.45) is 1.09. The maximum atomic E-state index is 12.5. The molecule has 21 heavy (non-hydrogen) atoms. The van der Waals surface area contributed by atoms with Gasteiger partial charge in [0.25, 0.3) is 11.6 Å². The summed E-state index contributed by atoms with van der Waals surface area (Å²) in [5.41, 5.74) is -0.299. The van der Waals surface area contributed by atoms with Crippen molar-refractivity contribution in [3.8, 4) is 0 Å². The normalized spacial score (nSPS) is 15.8. The number of aromatic nitrogens is 1. The number of nitrogens with zero attached hydrogens (tertiary/aromatic N) is 3. The Morgan fingerprint density at radius 3 is 2.76 bits per heavy atom. The molecule has 8 nitrogen and oxygen atoms in total. The maximum Gasteiger partial charge on any atom is 0.300 e. The van der Waals surface area contributed by atoms with E-state index in [0.717, 1.165) is 6.20 Å². The lowest BCUT2D eigenvalue weighted by molar-refractivity contribution is -0.385. The van der Waals surface area contributed by atoms with Crippen molar-refractivity contribution in [2.75, 3.05) is 36.5 Å². The molecule has 114 valence electrons. The number of rotatable bonds is 4. The van der Waals surface area contributed by atoms with Gasteiger partial charge in [0.2, 0.25) is 0 Å². The maximum absolute atomic E-state index is 12.5. The monoisotopic (exact) mass is 312 g/mol. The van der Waals surface area contributed by atoms with Crippen LogP contribution in [-0.4, -0.2) is 56.1 Å². The molecule has 0 aliphatic carbocycles. The second kappa shape index (κ2) is 6.61. The predicted octanol–water partition coefficient (Wildman–Crippen LogP) is 0.626. The fraction of sp³-hybridized carbons (Fsp3) is 0.500. The van der Waals surface area contributed by atoms with E-state index in [1.54, 1.807) is 0 Å². The summed E-state index contributed by atoms with van der Waals surface area (Å²) in [5, 5.41) is 14.0. The van der Waals surface area contributed by atoms with Gasteiger partial charge in [-0.3, -0.25) is 19.1 Å². The van der Waals surface area contributed by atoms with Gasteiger partial charge < -0.3 is 10.2 Å². The number of carbonyl (C=O) groups excluding carboxylic acids is 1. The molecule has 2 rings (SSSR count). The fourth-order valence-electron chi connectivity index (χ4n) is 2.05. The first kappa shape index (κ1) is 15.4. The predicted molar refractivity (Wildman–Crippen MR) is 78.8 cm³/mol. The van der Waals surface area contributed by atoms with E-state index in [1.807, 2.05) is 6.92 Å². The molecule has 1 aliphatic rings. The molecule has 0 atom stereocenters. The molecule has 0 spiro atoms. The van der Waals surface area contributed by atoms with E-state index in [2.05, 4.69) is 10.3 Å². The van der Waals surface area contributed by atoms with E-state index in [4.69, 9.17) is 0 Å². The van der Waals surface area contributed by atoms with Crippen molar-refractivity contribution in [2.45, 2.75) is 6.92 Å². The van der Waals surface area contributed by atoms with Crippen LogP contribution in [0.3, 0.4) is 0 Å². The van der Waals surface area contributed by atoms with E-state index in [9.17, 15) is 19.1 Å². The van der Waals surface area contributed by atoms with Crippen LogP contribution in [0.1, 0.15) is 17.3 Å². The lowest BCUT2D eigenvalue weighted by atomic mass is 10.2. The van der Waals surface area contributed by atoms with Crippen LogP contribution in [0.2, 0.25) is 0 Å². The number of nitro groups is 1. The summed E-state index contributed by atoms with van der Waals surface area (Å²) in [5.74, 6) is 0.821. The third kappa shape index (κ3) is 3.54. The number of hydrogen-bond acceptors (Lipinski definition) is 6. The van der Waals surface area contributed by atoms with Gasteiger partial charge in [0.1, 0.15) is 17.6 Å². The molecule has 0 radical (unpaired) electrons. The molecule has 1 aromatic heterocycles. The Morgan fingerprint density at radius 1 is 1.52 bits per heavy atom. The molecule has 1 fully saturated rings. The van der Waals surface area contributed by atoms with E-state index in [-0.39, 0.29) is 11.3 Å². The number of hydrogen-bond donors (Lipinski definition) is 1.